The van der Waals surface area contributed by atoms with E-state index < -0.39 is 0 Å². The van der Waals surface area contributed by atoms with Gasteiger partial charge >= 0.3 is 0 Å². The summed E-state index contributed by atoms with van der Waals surface area (Å²) in [6.07, 6.45) is 2.65. The standard InChI is InChI=1S/C10H17N3O2.ClH/c14-9-4-7(5-12-9)10(15)13-6-8-2-1-3-11-8;/h7-8,11H,1-6H2,(H,12,14)(H,13,15);1H. The van der Waals surface area contributed by atoms with Crippen LogP contribution in [0.3, 0.4) is 0 Å². The molecular weight excluding hydrogens is 230 g/mol. The molecule has 0 saturated carbocycles. The number of halogens is 1. The quantitative estimate of drug-likeness (QED) is 0.625. The molecule has 2 atom stereocenters. The highest BCUT2D eigenvalue weighted by atomic mass is 35.5. The highest BCUT2D eigenvalue weighted by molar-refractivity contribution is 5.89. The van der Waals surface area contributed by atoms with Crippen LogP contribution >= 0.6 is 12.4 Å². The Kier molecular flexibility index (Phi) is 5.02. The second-order valence-corrected chi connectivity index (χ2v) is 4.24. The van der Waals surface area contributed by atoms with Gasteiger partial charge in [0.25, 0.3) is 0 Å². The Morgan fingerprint density at radius 2 is 2.31 bits per heavy atom. The minimum absolute atomic E-state index is 0. The number of hydrogen-bond donors (Lipinski definition) is 3. The molecule has 2 unspecified atom stereocenters. The molecule has 0 aromatic carbocycles. The van der Waals surface area contributed by atoms with Gasteiger partial charge in [0.05, 0.1) is 5.92 Å². The van der Waals surface area contributed by atoms with Gasteiger partial charge in [-0.1, -0.05) is 0 Å². The Bertz CT molecular complexity index is 267. The van der Waals surface area contributed by atoms with Crippen LogP contribution in [0.5, 0.6) is 0 Å². The number of amides is 2. The molecule has 0 radical (unpaired) electrons. The molecular formula is C10H18ClN3O2. The lowest BCUT2D eigenvalue weighted by atomic mass is 10.1. The summed E-state index contributed by atoms with van der Waals surface area (Å²) in [5, 5.41) is 8.87. The van der Waals surface area contributed by atoms with Crippen LogP contribution in [0.25, 0.3) is 0 Å². The summed E-state index contributed by atoms with van der Waals surface area (Å²) in [7, 11) is 0. The number of rotatable bonds is 3. The molecule has 0 bridgehead atoms. The first kappa shape index (κ1) is 13.3. The average molecular weight is 248 g/mol. The van der Waals surface area contributed by atoms with Gasteiger partial charge in [0.2, 0.25) is 11.8 Å². The molecule has 0 aromatic rings. The van der Waals surface area contributed by atoms with E-state index in [0.29, 0.717) is 25.6 Å². The van der Waals surface area contributed by atoms with Crippen molar-refractivity contribution in [3.63, 3.8) is 0 Å². The second kappa shape index (κ2) is 6.06. The van der Waals surface area contributed by atoms with Crippen LogP contribution < -0.4 is 16.0 Å². The summed E-state index contributed by atoms with van der Waals surface area (Å²) >= 11 is 0. The van der Waals surface area contributed by atoms with Crippen molar-refractivity contribution in [2.75, 3.05) is 19.6 Å². The molecule has 2 saturated heterocycles. The molecule has 0 spiro atoms. The molecule has 5 nitrogen and oxygen atoms in total. The maximum absolute atomic E-state index is 11.6. The van der Waals surface area contributed by atoms with E-state index in [1.807, 2.05) is 0 Å². The summed E-state index contributed by atoms with van der Waals surface area (Å²) in [6, 6.07) is 0.416. The van der Waals surface area contributed by atoms with Gasteiger partial charge in [-0.05, 0) is 19.4 Å². The Hall–Kier alpha value is -0.810. The normalized spacial score (nSPS) is 28.4. The maximum atomic E-state index is 11.6. The Balaban J connectivity index is 0.00000128. The molecule has 2 heterocycles. The van der Waals surface area contributed by atoms with Crippen molar-refractivity contribution in [3.8, 4) is 0 Å². The highest BCUT2D eigenvalue weighted by Crippen LogP contribution is 2.09. The van der Waals surface area contributed by atoms with E-state index in [4.69, 9.17) is 0 Å². The van der Waals surface area contributed by atoms with Gasteiger partial charge in [0.1, 0.15) is 0 Å². The Morgan fingerprint density at radius 3 is 2.88 bits per heavy atom. The molecule has 2 rings (SSSR count). The summed E-state index contributed by atoms with van der Waals surface area (Å²) in [6.45, 7) is 2.22. The zero-order valence-corrected chi connectivity index (χ0v) is 9.94. The van der Waals surface area contributed by atoms with Crippen molar-refractivity contribution in [1.82, 2.24) is 16.0 Å². The molecule has 2 aliphatic heterocycles. The van der Waals surface area contributed by atoms with Gasteiger partial charge in [-0.25, -0.2) is 0 Å². The summed E-state index contributed by atoms with van der Waals surface area (Å²) in [4.78, 5) is 22.5. The monoisotopic (exact) mass is 247 g/mol. The summed E-state index contributed by atoms with van der Waals surface area (Å²) < 4.78 is 0. The van der Waals surface area contributed by atoms with Crippen LogP contribution in [-0.4, -0.2) is 37.5 Å². The SMILES string of the molecule is Cl.O=C1CC(C(=O)NCC2CCCN2)CN1. The van der Waals surface area contributed by atoms with Crippen molar-refractivity contribution in [2.24, 2.45) is 5.92 Å². The number of hydrogen-bond acceptors (Lipinski definition) is 3. The predicted octanol–water partition coefficient (Wildman–Crippen LogP) is -0.587. The number of carbonyl (C=O) groups is 2. The maximum Gasteiger partial charge on any atom is 0.225 e. The zero-order valence-electron chi connectivity index (χ0n) is 9.12. The van der Waals surface area contributed by atoms with E-state index in [9.17, 15) is 9.59 Å². The van der Waals surface area contributed by atoms with Crippen LogP contribution in [0.15, 0.2) is 0 Å². The zero-order chi connectivity index (χ0) is 10.7. The number of carbonyl (C=O) groups excluding carboxylic acids is 2. The predicted molar refractivity (Wildman–Crippen MR) is 62.4 cm³/mol. The van der Waals surface area contributed by atoms with Crippen LogP contribution in [0, 0.1) is 5.92 Å². The van der Waals surface area contributed by atoms with Crippen molar-refractivity contribution < 1.29 is 9.59 Å². The molecule has 92 valence electrons. The van der Waals surface area contributed by atoms with Gasteiger partial charge in [0.15, 0.2) is 0 Å². The molecule has 2 fully saturated rings. The smallest absolute Gasteiger partial charge is 0.225 e. The van der Waals surface area contributed by atoms with E-state index in [1.165, 1.54) is 6.42 Å². The third-order valence-electron chi connectivity index (χ3n) is 3.03. The third-order valence-corrected chi connectivity index (χ3v) is 3.03. The van der Waals surface area contributed by atoms with Crippen molar-refractivity contribution in [1.29, 1.82) is 0 Å². The van der Waals surface area contributed by atoms with Crippen molar-refractivity contribution in [3.05, 3.63) is 0 Å². The van der Waals surface area contributed by atoms with Gasteiger partial charge < -0.3 is 16.0 Å². The third kappa shape index (κ3) is 3.35. The molecule has 2 aliphatic rings. The van der Waals surface area contributed by atoms with Gasteiger partial charge in [-0.3, -0.25) is 9.59 Å². The molecule has 2 amide bonds. The fourth-order valence-electron chi connectivity index (χ4n) is 2.09. The Morgan fingerprint density at radius 1 is 1.50 bits per heavy atom. The van der Waals surface area contributed by atoms with Crippen LogP contribution in [0.2, 0.25) is 0 Å². The first-order chi connectivity index (χ1) is 7.25. The Labute approximate surface area is 101 Å². The topological polar surface area (TPSA) is 70.2 Å². The van der Waals surface area contributed by atoms with E-state index in [0.717, 1.165) is 13.0 Å². The minimum Gasteiger partial charge on any atom is -0.355 e. The molecule has 16 heavy (non-hydrogen) atoms. The van der Waals surface area contributed by atoms with Crippen LogP contribution in [0.4, 0.5) is 0 Å². The molecule has 6 heteroatoms. The van der Waals surface area contributed by atoms with Crippen LogP contribution in [-0.2, 0) is 9.59 Å². The van der Waals surface area contributed by atoms with Crippen molar-refractivity contribution >= 4 is 24.2 Å². The highest BCUT2D eigenvalue weighted by Gasteiger charge is 2.28. The molecule has 3 N–H and O–H groups in total. The van der Waals surface area contributed by atoms with Crippen molar-refractivity contribution in [2.45, 2.75) is 25.3 Å². The lowest BCUT2D eigenvalue weighted by Gasteiger charge is -2.13. The van der Waals surface area contributed by atoms with E-state index in [1.54, 1.807) is 0 Å². The first-order valence-electron chi connectivity index (χ1n) is 5.53. The fourth-order valence-corrected chi connectivity index (χ4v) is 2.09. The summed E-state index contributed by atoms with van der Waals surface area (Å²) in [5.74, 6) is -0.185. The molecule has 0 aliphatic carbocycles. The first-order valence-corrected chi connectivity index (χ1v) is 5.53. The van der Waals surface area contributed by atoms with Crippen LogP contribution in [0.1, 0.15) is 19.3 Å². The lowest BCUT2D eigenvalue weighted by Crippen LogP contribution is -2.40. The van der Waals surface area contributed by atoms with Gasteiger partial charge in [0, 0.05) is 25.6 Å². The van der Waals surface area contributed by atoms with E-state index >= 15 is 0 Å². The number of nitrogens with one attached hydrogen (secondary N) is 3. The van der Waals surface area contributed by atoms with Gasteiger partial charge in [-0.15, -0.1) is 12.4 Å². The largest absolute Gasteiger partial charge is 0.355 e. The fraction of sp³-hybridized carbons (Fsp3) is 0.800. The molecule has 0 aromatic heterocycles. The second-order valence-electron chi connectivity index (χ2n) is 4.24. The lowest BCUT2D eigenvalue weighted by molar-refractivity contribution is -0.126. The van der Waals surface area contributed by atoms with E-state index in [-0.39, 0.29) is 30.1 Å². The summed E-state index contributed by atoms with van der Waals surface area (Å²) in [5.41, 5.74) is 0. The average Bonchev–Trinajstić information content (AvgIpc) is 2.84. The minimum atomic E-state index is -0.168. The van der Waals surface area contributed by atoms with Gasteiger partial charge in [-0.2, -0.15) is 0 Å². The van der Waals surface area contributed by atoms with E-state index in [2.05, 4.69) is 16.0 Å².